The van der Waals surface area contributed by atoms with E-state index in [1.54, 1.807) is 12.1 Å². The fourth-order valence-electron chi connectivity index (χ4n) is 4.65. The number of carboxylic acids is 1. The number of urea groups is 1. The van der Waals surface area contributed by atoms with Gasteiger partial charge in [-0.1, -0.05) is 42.5 Å². The second-order valence-electron chi connectivity index (χ2n) is 9.03. The number of carbonyl (C=O) groups is 2. The number of benzene rings is 3. The Bertz CT molecular complexity index is 1550. The molecule has 0 bridgehead atoms. The second-order valence-corrected chi connectivity index (χ2v) is 11.1. The number of non-ortho nitro benzene ring substituents is 1. The first-order valence-corrected chi connectivity index (χ1v) is 13.2. The van der Waals surface area contributed by atoms with E-state index in [9.17, 15) is 33.2 Å². The highest BCUT2D eigenvalue weighted by molar-refractivity contribution is 7.89. The molecule has 3 aromatic carbocycles. The Labute approximate surface area is 219 Å². The lowest BCUT2D eigenvalue weighted by Crippen LogP contribution is -2.47. The number of aliphatic carboxylic acids is 1. The molecule has 1 aliphatic heterocycles. The largest absolute Gasteiger partial charge is 0.481 e. The number of nitrogens with zero attached hydrogens (tertiary/aromatic N) is 4. The van der Waals surface area contributed by atoms with Crippen LogP contribution in [-0.2, 0) is 14.8 Å². The van der Waals surface area contributed by atoms with E-state index in [4.69, 9.17) is 0 Å². The zero-order valence-electron chi connectivity index (χ0n) is 20.7. The highest BCUT2D eigenvalue weighted by Crippen LogP contribution is 2.36. The maximum Gasteiger partial charge on any atom is 0.344 e. The molecule has 11 nitrogen and oxygen atoms in total. The van der Waals surface area contributed by atoms with Crippen molar-refractivity contribution in [3.63, 3.8) is 0 Å². The van der Waals surface area contributed by atoms with E-state index in [0.717, 1.165) is 10.8 Å². The van der Waals surface area contributed by atoms with E-state index in [-0.39, 0.29) is 41.4 Å². The second kappa shape index (κ2) is 10.7. The molecule has 0 saturated carbocycles. The quantitative estimate of drug-likeness (QED) is 0.318. The number of carbonyl (C=O) groups excluding carboxylic acids is 1. The van der Waals surface area contributed by atoms with Crippen molar-refractivity contribution in [1.82, 2.24) is 9.21 Å². The first-order chi connectivity index (χ1) is 18.0. The van der Waals surface area contributed by atoms with Crippen molar-refractivity contribution in [1.29, 1.82) is 0 Å². The van der Waals surface area contributed by atoms with E-state index in [2.05, 4.69) is 4.99 Å². The smallest absolute Gasteiger partial charge is 0.344 e. The van der Waals surface area contributed by atoms with E-state index >= 15 is 0 Å². The van der Waals surface area contributed by atoms with Crippen LogP contribution in [0.2, 0.25) is 0 Å². The Morgan fingerprint density at radius 2 is 1.82 bits per heavy atom. The summed E-state index contributed by atoms with van der Waals surface area (Å²) < 4.78 is 27.5. The van der Waals surface area contributed by atoms with Crippen molar-refractivity contribution in [2.75, 3.05) is 20.1 Å². The molecule has 2 amide bonds. The number of hydrogen-bond acceptors (Lipinski definition) is 6. The number of nitro groups is 1. The molecule has 1 N–H and O–H groups in total. The standard InChI is InChI=1S/C26H26N4O7S/c1-17-23(25(31)32)24(20-9-5-10-21(15-20)30(34)35)29(26(33)27-17)14-6-13-28(2)38(36,37)22-12-11-18-7-3-4-8-19(18)16-22/h3-5,7-12,15-16,23-24H,6,13-14H2,1-2H3,(H,31,32). The minimum atomic E-state index is -3.83. The number of aliphatic imine (C=N–C) groups is 1. The molecule has 1 aliphatic rings. The molecule has 4 rings (SSSR count). The predicted molar refractivity (Wildman–Crippen MR) is 141 cm³/mol. The molecule has 1 heterocycles. The molecule has 2 atom stereocenters. The van der Waals surface area contributed by atoms with Crippen molar-refractivity contribution < 1.29 is 28.0 Å². The molecular weight excluding hydrogens is 512 g/mol. The van der Waals surface area contributed by atoms with E-state index in [1.807, 2.05) is 24.3 Å². The van der Waals surface area contributed by atoms with Crippen LogP contribution < -0.4 is 0 Å². The van der Waals surface area contributed by atoms with Gasteiger partial charge in [-0.15, -0.1) is 0 Å². The summed E-state index contributed by atoms with van der Waals surface area (Å²) in [5, 5.41) is 22.9. The molecule has 0 aromatic heterocycles. The minimum absolute atomic E-state index is 0.00959. The number of rotatable bonds is 9. The average molecular weight is 539 g/mol. The Hall–Kier alpha value is -4.16. The lowest BCUT2D eigenvalue weighted by Gasteiger charge is -2.38. The monoisotopic (exact) mass is 538 g/mol. The maximum atomic E-state index is 13.2. The van der Waals surface area contributed by atoms with Crippen LogP contribution in [0.3, 0.4) is 0 Å². The van der Waals surface area contributed by atoms with Crippen molar-refractivity contribution in [3.05, 3.63) is 82.4 Å². The van der Waals surface area contributed by atoms with Gasteiger partial charge in [0.15, 0.2) is 0 Å². The minimum Gasteiger partial charge on any atom is -0.481 e. The molecular formula is C26H26N4O7S. The van der Waals surface area contributed by atoms with Crippen LogP contribution in [0, 0.1) is 16.0 Å². The van der Waals surface area contributed by atoms with Crippen molar-refractivity contribution >= 4 is 44.2 Å². The summed E-state index contributed by atoms with van der Waals surface area (Å²) in [6.07, 6.45) is 0.182. The Morgan fingerprint density at radius 1 is 1.11 bits per heavy atom. The molecule has 198 valence electrons. The lowest BCUT2D eigenvalue weighted by molar-refractivity contribution is -0.385. The van der Waals surface area contributed by atoms with Crippen molar-refractivity contribution in [2.45, 2.75) is 24.3 Å². The molecule has 0 fully saturated rings. The molecule has 12 heteroatoms. The third-order valence-electron chi connectivity index (χ3n) is 6.61. The van der Waals surface area contributed by atoms with Crippen LogP contribution in [0.1, 0.15) is 24.9 Å². The summed E-state index contributed by atoms with van der Waals surface area (Å²) in [4.78, 5) is 41.0. The first kappa shape index (κ1) is 26.9. The van der Waals surface area contributed by atoms with Gasteiger partial charge < -0.3 is 10.0 Å². The van der Waals surface area contributed by atoms with E-state index in [0.29, 0.717) is 0 Å². The summed E-state index contributed by atoms with van der Waals surface area (Å²) in [5.74, 6) is -2.44. The molecule has 0 saturated heterocycles. The predicted octanol–water partition coefficient (Wildman–Crippen LogP) is 4.10. The topological polar surface area (TPSA) is 150 Å². The molecule has 38 heavy (non-hydrogen) atoms. The summed E-state index contributed by atoms with van der Waals surface area (Å²) in [5.41, 5.74) is 0.137. The van der Waals surface area contributed by atoms with Crippen LogP contribution in [0.25, 0.3) is 10.8 Å². The van der Waals surface area contributed by atoms with Gasteiger partial charge in [-0.3, -0.25) is 14.9 Å². The van der Waals surface area contributed by atoms with Gasteiger partial charge in [-0.05, 0) is 41.8 Å². The maximum absolute atomic E-state index is 13.2. The zero-order valence-corrected chi connectivity index (χ0v) is 21.5. The molecule has 0 aliphatic carbocycles. The van der Waals surface area contributed by atoms with Crippen molar-refractivity contribution in [3.8, 4) is 0 Å². The van der Waals surface area contributed by atoms with Gasteiger partial charge in [0.05, 0.1) is 15.9 Å². The number of sulfonamides is 1. The SMILES string of the molecule is CC1=NC(=O)N(CCCN(C)S(=O)(=O)c2ccc3ccccc3c2)C(c2cccc([N+](=O)[O-])c2)C1C(=O)O. The number of fused-ring (bicyclic) bond motifs is 1. The summed E-state index contributed by atoms with van der Waals surface area (Å²) in [6.45, 7) is 1.47. The summed E-state index contributed by atoms with van der Waals surface area (Å²) in [6, 6.07) is 16.0. The number of hydrogen-bond donors (Lipinski definition) is 1. The average Bonchev–Trinajstić information content (AvgIpc) is 2.88. The molecule has 2 unspecified atom stereocenters. The third kappa shape index (κ3) is 5.27. The van der Waals surface area contributed by atoms with Crippen LogP contribution in [-0.4, -0.2) is 65.5 Å². The first-order valence-electron chi connectivity index (χ1n) is 11.8. The summed E-state index contributed by atoms with van der Waals surface area (Å²) in [7, 11) is -2.39. The van der Waals surface area contributed by atoms with Gasteiger partial charge in [0, 0.05) is 38.0 Å². The third-order valence-corrected chi connectivity index (χ3v) is 8.46. The van der Waals surface area contributed by atoms with E-state index < -0.39 is 38.9 Å². The number of nitro benzene ring substituents is 1. The van der Waals surface area contributed by atoms with E-state index in [1.165, 1.54) is 53.5 Å². The molecule has 0 spiro atoms. The summed E-state index contributed by atoms with van der Waals surface area (Å²) >= 11 is 0. The number of carboxylic acid groups (broad SMARTS) is 1. The zero-order chi connectivity index (χ0) is 27.6. The van der Waals surface area contributed by atoms with Crippen molar-refractivity contribution in [2.24, 2.45) is 10.9 Å². The van der Waals surface area contributed by atoms with Crippen LogP contribution in [0.5, 0.6) is 0 Å². The highest BCUT2D eigenvalue weighted by Gasteiger charge is 2.42. The van der Waals surface area contributed by atoms with Gasteiger partial charge in [0.25, 0.3) is 5.69 Å². The number of amides is 2. The fraction of sp³-hybridized carbons (Fsp3) is 0.269. The molecule has 3 aromatic rings. The highest BCUT2D eigenvalue weighted by atomic mass is 32.2. The van der Waals surface area contributed by atoms with Crippen LogP contribution in [0.4, 0.5) is 10.5 Å². The van der Waals surface area contributed by atoms with Gasteiger partial charge in [-0.25, -0.2) is 22.5 Å². The van der Waals surface area contributed by atoms with Crippen LogP contribution in [0.15, 0.2) is 76.6 Å². The van der Waals surface area contributed by atoms with Gasteiger partial charge in [0.2, 0.25) is 10.0 Å². The van der Waals surface area contributed by atoms with Gasteiger partial charge in [0.1, 0.15) is 5.92 Å². The van der Waals surface area contributed by atoms with Crippen LogP contribution >= 0.6 is 0 Å². The Morgan fingerprint density at radius 3 is 2.50 bits per heavy atom. The van der Waals surface area contributed by atoms with Gasteiger partial charge in [-0.2, -0.15) is 0 Å². The Balaban J connectivity index is 1.56. The molecule has 0 radical (unpaired) electrons. The fourth-order valence-corrected chi connectivity index (χ4v) is 5.89. The lowest BCUT2D eigenvalue weighted by atomic mass is 9.86. The van der Waals surface area contributed by atoms with Gasteiger partial charge >= 0.3 is 12.0 Å². The normalized spacial score (nSPS) is 18.0. The Kier molecular flexibility index (Phi) is 7.56.